The number of hydrazine groups is 1. The predicted octanol–water partition coefficient (Wildman–Crippen LogP) is 0.909. The molecule has 4 nitrogen and oxygen atoms in total. The highest BCUT2D eigenvalue weighted by molar-refractivity contribution is 5.82. The van der Waals surface area contributed by atoms with Crippen LogP contribution in [0.25, 0.3) is 0 Å². The van der Waals surface area contributed by atoms with Gasteiger partial charge >= 0.3 is 0 Å². The Kier molecular flexibility index (Phi) is 1.94. The Hall–Kier alpha value is -1.55. The molecule has 0 atom stereocenters. The molecule has 16 heavy (non-hydrogen) atoms. The number of hydrogen-bond acceptors (Lipinski definition) is 3. The second-order valence-corrected chi connectivity index (χ2v) is 4.49. The first kappa shape index (κ1) is 9.66. The van der Waals surface area contributed by atoms with Gasteiger partial charge in [0.25, 0.3) is 0 Å². The number of amides is 1. The average Bonchev–Trinajstić information content (AvgIpc) is 2.89. The van der Waals surface area contributed by atoms with E-state index in [1.54, 1.807) is 0 Å². The van der Waals surface area contributed by atoms with Crippen LogP contribution in [0.1, 0.15) is 24.8 Å². The van der Waals surface area contributed by atoms with Crippen LogP contribution in [-0.2, 0) is 10.4 Å². The maximum atomic E-state index is 11.2. The standard InChI is InChI=1S/C12H14N2O2/c15-11-5-8-14(13-11)10-4-2-1-3-9(10)12(16)6-7-12/h1-4,16H,5-8H2,(H,13,15). The highest BCUT2D eigenvalue weighted by Gasteiger charge is 2.44. The van der Waals surface area contributed by atoms with Gasteiger partial charge in [-0.15, -0.1) is 0 Å². The van der Waals surface area contributed by atoms with E-state index in [4.69, 9.17) is 0 Å². The highest BCUT2D eigenvalue weighted by Crippen LogP contribution is 2.48. The summed E-state index contributed by atoms with van der Waals surface area (Å²) in [5, 5.41) is 12.0. The Morgan fingerprint density at radius 3 is 2.69 bits per heavy atom. The third kappa shape index (κ3) is 1.46. The minimum absolute atomic E-state index is 0.0394. The van der Waals surface area contributed by atoms with Crippen LogP contribution in [0.2, 0.25) is 0 Å². The van der Waals surface area contributed by atoms with Crippen LogP contribution in [0.15, 0.2) is 24.3 Å². The average molecular weight is 218 g/mol. The minimum atomic E-state index is -0.663. The van der Waals surface area contributed by atoms with Crippen molar-refractivity contribution < 1.29 is 9.90 Å². The van der Waals surface area contributed by atoms with Gasteiger partial charge in [0, 0.05) is 18.5 Å². The van der Waals surface area contributed by atoms with Gasteiger partial charge in [0.1, 0.15) is 0 Å². The van der Waals surface area contributed by atoms with E-state index in [9.17, 15) is 9.90 Å². The lowest BCUT2D eigenvalue weighted by molar-refractivity contribution is -0.119. The molecular weight excluding hydrogens is 204 g/mol. The largest absolute Gasteiger partial charge is 0.385 e. The van der Waals surface area contributed by atoms with E-state index in [1.165, 1.54) is 0 Å². The van der Waals surface area contributed by atoms with Crippen LogP contribution in [0.4, 0.5) is 5.69 Å². The first-order chi connectivity index (χ1) is 7.69. The fourth-order valence-electron chi connectivity index (χ4n) is 2.15. The van der Waals surface area contributed by atoms with E-state index in [0.29, 0.717) is 13.0 Å². The van der Waals surface area contributed by atoms with E-state index >= 15 is 0 Å². The molecule has 0 spiro atoms. The molecule has 1 aromatic carbocycles. The summed E-state index contributed by atoms with van der Waals surface area (Å²) in [6.45, 7) is 0.673. The molecule has 0 radical (unpaired) electrons. The predicted molar refractivity (Wildman–Crippen MR) is 59.7 cm³/mol. The number of carbonyl (C=O) groups is 1. The number of benzene rings is 1. The number of carbonyl (C=O) groups excluding carboxylic acids is 1. The summed E-state index contributed by atoms with van der Waals surface area (Å²) in [6.07, 6.45) is 2.14. The molecule has 4 heteroatoms. The van der Waals surface area contributed by atoms with Crippen molar-refractivity contribution in [2.24, 2.45) is 0 Å². The van der Waals surface area contributed by atoms with E-state index in [2.05, 4.69) is 5.43 Å². The van der Waals surface area contributed by atoms with Crippen LogP contribution < -0.4 is 10.4 Å². The Morgan fingerprint density at radius 2 is 2.06 bits per heavy atom. The molecule has 1 aliphatic heterocycles. The molecule has 0 aromatic heterocycles. The van der Waals surface area contributed by atoms with Gasteiger partial charge < -0.3 is 5.11 Å². The van der Waals surface area contributed by atoms with E-state index in [0.717, 1.165) is 24.1 Å². The second kappa shape index (κ2) is 3.22. The Bertz CT molecular complexity index is 440. The van der Waals surface area contributed by atoms with Gasteiger partial charge in [-0.3, -0.25) is 15.2 Å². The number of anilines is 1. The van der Waals surface area contributed by atoms with Crippen molar-refractivity contribution in [1.82, 2.24) is 5.43 Å². The maximum Gasteiger partial charge on any atom is 0.240 e. The maximum absolute atomic E-state index is 11.2. The minimum Gasteiger partial charge on any atom is -0.385 e. The van der Waals surface area contributed by atoms with Crippen LogP contribution in [0.5, 0.6) is 0 Å². The summed E-state index contributed by atoms with van der Waals surface area (Å²) in [5.41, 5.74) is 3.98. The smallest absolute Gasteiger partial charge is 0.240 e. The molecule has 0 unspecified atom stereocenters. The van der Waals surface area contributed by atoms with Crippen molar-refractivity contribution in [3.05, 3.63) is 29.8 Å². The summed E-state index contributed by atoms with van der Waals surface area (Å²) in [5.74, 6) is 0.0394. The monoisotopic (exact) mass is 218 g/mol. The second-order valence-electron chi connectivity index (χ2n) is 4.49. The third-order valence-electron chi connectivity index (χ3n) is 3.24. The van der Waals surface area contributed by atoms with Crippen molar-refractivity contribution in [2.45, 2.75) is 24.9 Å². The quantitative estimate of drug-likeness (QED) is 0.775. The van der Waals surface area contributed by atoms with Crippen molar-refractivity contribution >= 4 is 11.6 Å². The Labute approximate surface area is 93.8 Å². The van der Waals surface area contributed by atoms with Crippen LogP contribution in [-0.4, -0.2) is 17.6 Å². The molecule has 84 valence electrons. The van der Waals surface area contributed by atoms with Crippen molar-refractivity contribution in [3.8, 4) is 0 Å². The molecule has 2 aliphatic rings. The van der Waals surface area contributed by atoms with Gasteiger partial charge in [-0.2, -0.15) is 0 Å². The number of rotatable bonds is 2. The van der Waals surface area contributed by atoms with Crippen molar-refractivity contribution in [1.29, 1.82) is 0 Å². The van der Waals surface area contributed by atoms with Gasteiger partial charge in [0.05, 0.1) is 11.3 Å². The summed E-state index contributed by atoms with van der Waals surface area (Å²) in [6, 6.07) is 7.73. The molecule has 1 saturated heterocycles. The first-order valence-corrected chi connectivity index (χ1v) is 5.58. The molecule has 0 bridgehead atoms. The molecule has 2 N–H and O–H groups in total. The number of para-hydroxylation sites is 1. The number of aliphatic hydroxyl groups is 1. The fourth-order valence-corrected chi connectivity index (χ4v) is 2.15. The third-order valence-corrected chi connectivity index (χ3v) is 3.24. The zero-order valence-electron chi connectivity index (χ0n) is 8.94. The van der Waals surface area contributed by atoms with E-state index in [1.807, 2.05) is 29.3 Å². The zero-order valence-corrected chi connectivity index (χ0v) is 8.94. The molecule has 1 aromatic rings. The van der Waals surface area contributed by atoms with Gasteiger partial charge in [-0.05, 0) is 18.9 Å². The van der Waals surface area contributed by atoms with Crippen LogP contribution in [0.3, 0.4) is 0 Å². The SMILES string of the molecule is O=C1CCN(c2ccccc2C2(O)CC2)N1. The fraction of sp³-hybridized carbons (Fsp3) is 0.417. The first-order valence-electron chi connectivity index (χ1n) is 5.58. The van der Waals surface area contributed by atoms with Gasteiger partial charge in [0.2, 0.25) is 5.91 Å². The Morgan fingerprint density at radius 1 is 1.31 bits per heavy atom. The van der Waals surface area contributed by atoms with E-state index < -0.39 is 5.60 Å². The Balaban J connectivity index is 1.97. The van der Waals surface area contributed by atoms with Crippen LogP contribution in [0, 0.1) is 0 Å². The molecule has 1 amide bonds. The molecule has 1 aliphatic carbocycles. The number of nitrogens with one attached hydrogen (secondary N) is 1. The van der Waals surface area contributed by atoms with Gasteiger partial charge in [-0.1, -0.05) is 18.2 Å². The van der Waals surface area contributed by atoms with Crippen LogP contribution >= 0.6 is 0 Å². The molecule has 1 heterocycles. The van der Waals surface area contributed by atoms with E-state index in [-0.39, 0.29) is 5.91 Å². The number of hydrogen-bond donors (Lipinski definition) is 2. The highest BCUT2D eigenvalue weighted by atomic mass is 16.3. The molecule has 2 fully saturated rings. The number of nitrogens with zero attached hydrogens (tertiary/aromatic N) is 1. The summed E-state index contributed by atoms with van der Waals surface area (Å²) in [4.78, 5) is 11.2. The topological polar surface area (TPSA) is 52.6 Å². The summed E-state index contributed by atoms with van der Waals surface area (Å²) >= 11 is 0. The summed E-state index contributed by atoms with van der Waals surface area (Å²) in [7, 11) is 0. The molecule has 3 rings (SSSR count). The molecular formula is C12H14N2O2. The normalized spacial score (nSPS) is 22.1. The van der Waals surface area contributed by atoms with Gasteiger partial charge in [0.15, 0.2) is 0 Å². The lowest BCUT2D eigenvalue weighted by Gasteiger charge is -2.23. The summed E-state index contributed by atoms with van der Waals surface area (Å²) < 4.78 is 0. The lowest BCUT2D eigenvalue weighted by Crippen LogP contribution is -2.34. The zero-order chi connectivity index (χ0) is 11.2. The lowest BCUT2D eigenvalue weighted by atomic mass is 10.1. The van der Waals surface area contributed by atoms with Crippen molar-refractivity contribution in [2.75, 3.05) is 11.6 Å². The molecule has 1 saturated carbocycles. The van der Waals surface area contributed by atoms with Gasteiger partial charge in [-0.25, -0.2) is 0 Å². The van der Waals surface area contributed by atoms with Crippen molar-refractivity contribution in [3.63, 3.8) is 0 Å².